The molecular formula is C62H36N4O. The minimum Gasteiger partial charge on any atom is -0.454 e. The van der Waals surface area contributed by atoms with Crippen molar-refractivity contribution in [2.24, 2.45) is 0 Å². The largest absolute Gasteiger partial charge is 0.454 e. The van der Waals surface area contributed by atoms with Gasteiger partial charge in [0.1, 0.15) is 11.1 Å². The molecule has 0 unspecified atom stereocenters. The Morgan fingerprint density at radius 3 is 1.66 bits per heavy atom. The molecule has 0 aliphatic rings. The van der Waals surface area contributed by atoms with Crippen LogP contribution in [0.4, 0.5) is 0 Å². The molecule has 0 aliphatic carbocycles. The van der Waals surface area contributed by atoms with Gasteiger partial charge >= 0.3 is 0 Å². The van der Waals surface area contributed by atoms with Gasteiger partial charge in [-0.3, -0.25) is 4.57 Å². The summed E-state index contributed by atoms with van der Waals surface area (Å²) in [6, 6.07) is 78.2. The normalized spacial score (nSPS) is 12.2. The first-order chi connectivity index (χ1) is 33.3. The van der Waals surface area contributed by atoms with Gasteiger partial charge in [-0.1, -0.05) is 170 Å². The first-order valence-electron chi connectivity index (χ1n) is 22.8. The number of hydrogen-bond acceptors (Lipinski definition) is 3. The second kappa shape index (κ2) is 13.7. The van der Waals surface area contributed by atoms with Crippen molar-refractivity contribution in [1.82, 2.24) is 19.1 Å². The maximum absolute atomic E-state index is 7.11. The van der Waals surface area contributed by atoms with Gasteiger partial charge in [-0.2, -0.15) is 0 Å². The van der Waals surface area contributed by atoms with Crippen LogP contribution in [0.3, 0.4) is 0 Å². The highest BCUT2D eigenvalue weighted by molar-refractivity contribution is 6.35. The second-order valence-electron chi connectivity index (χ2n) is 17.6. The Bertz CT molecular complexity index is 4560. The number of hydrogen-bond donors (Lipinski definition) is 0. The molecule has 67 heavy (non-hydrogen) atoms. The van der Waals surface area contributed by atoms with Gasteiger partial charge in [0.15, 0.2) is 5.58 Å². The number of nitrogens with zero attached hydrogens (tertiary/aromatic N) is 4. The van der Waals surface area contributed by atoms with Crippen molar-refractivity contribution >= 4 is 109 Å². The highest BCUT2D eigenvalue weighted by atomic mass is 16.3. The number of aromatic nitrogens is 4. The van der Waals surface area contributed by atoms with Crippen molar-refractivity contribution < 1.29 is 4.42 Å². The van der Waals surface area contributed by atoms with Crippen LogP contribution in [0.5, 0.6) is 0 Å². The summed E-state index contributed by atoms with van der Waals surface area (Å²) in [5.74, 6) is 0.596. The van der Waals surface area contributed by atoms with E-state index in [0.717, 1.165) is 104 Å². The lowest BCUT2D eigenvalue weighted by Crippen LogP contribution is -2.04. The van der Waals surface area contributed by atoms with E-state index >= 15 is 0 Å². The van der Waals surface area contributed by atoms with Gasteiger partial charge in [-0.25, -0.2) is 9.97 Å². The minimum atomic E-state index is 0.596. The lowest BCUT2D eigenvalue weighted by Gasteiger charge is -2.16. The Kier molecular flexibility index (Phi) is 7.44. The summed E-state index contributed by atoms with van der Waals surface area (Å²) >= 11 is 0. The summed E-state index contributed by atoms with van der Waals surface area (Å²) in [6.07, 6.45) is 0. The molecule has 0 bridgehead atoms. The minimum absolute atomic E-state index is 0.596. The van der Waals surface area contributed by atoms with Gasteiger partial charge in [0.25, 0.3) is 0 Å². The fourth-order valence-electron chi connectivity index (χ4n) is 11.2. The maximum Gasteiger partial charge on any atom is 0.235 e. The van der Waals surface area contributed by atoms with Crippen molar-refractivity contribution in [3.63, 3.8) is 0 Å². The van der Waals surface area contributed by atoms with E-state index in [2.05, 4.69) is 228 Å². The Morgan fingerprint density at radius 2 is 0.881 bits per heavy atom. The van der Waals surface area contributed by atoms with E-state index in [9.17, 15) is 0 Å². The van der Waals surface area contributed by atoms with Crippen molar-refractivity contribution in [3.8, 4) is 34.0 Å². The van der Waals surface area contributed by atoms with E-state index in [-0.39, 0.29) is 0 Å². The first-order valence-corrected chi connectivity index (χ1v) is 22.8. The Hall–Kier alpha value is -9.06. The Morgan fingerprint density at radius 1 is 0.328 bits per heavy atom. The predicted octanol–water partition coefficient (Wildman–Crippen LogP) is 16.5. The SMILES string of the molecule is c1ccc(-c2nc(-n3c4ccccc4c4c5ccc(-c6ccc7c(c6)c6ccccc6n7-c6ccccc6)cc5c5c6ccccc6oc5c43)nc3c4ccccc4c4ccccc4c23)cc1. The molecule has 4 heterocycles. The van der Waals surface area contributed by atoms with E-state index in [1.165, 1.54) is 32.6 Å². The number of rotatable bonds is 4. The van der Waals surface area contributed by atoms with Gasteiger partial charge in [-0.05, 0) is 86.6 Å². The van der Waals surface area contributed by atoms with Crippen molar-refractivity contribution in [2.75, 3.05) is 0 Å². The van der Waals surface area contributed by atoms with E-state index in [1.807, 2.05) is 0 Å². The summed E-state index contributed by atoms with van der Waals surface area (Å²) < 4.78 is 11.7. The van der Waals surface area contributed by atoms with Crippen molar-refractivity contribution in [2.45, 2.75) is 0 Å². The maximum atomic E-state index is 7.11. The summed E-state index contributed by atoms with van der Waals surface area (Å²) in [5, 5.41) is 14.7. The van der Waals surface area contributed by atoms with Crippen LogP contribution >= 0.6 is 0 Å². The van der Waals surface area contributed by atoms with Crippen LogP contribution in [-0.2, 0) is 0 Å². The zero-order valence-corrected chi connectivity index (χ0v) is 36.0. The van der Waals surface area contributed by atoms with Gasteiger partial charge in [-0.15, -0.1) is 0 Å². The molecule has 0 atom stereocenters. The van der Waals surface area contributed by atoms with Crippen LogP contribution in [0.15, 0.2) is 223 Å². The van der Waals surface area contributed by atoms with E-state index < -0.39 is 0 Å². The smallest absolute Gasteiger partial charge is 0.235 e. The quantitative estimate of drug-likeness (QED) is 0.166. The van der Waals surface area contributed by atoms with Crippen molar-refractivity contribution in [1.29, 1.82) is 0 Å². The molecule has 15 rings (SSSR count). The number of benzene rings is 11. The van der Waals surface area contributed by atoms with Crippen LogP contribution in [0, 0.1) is 0 Å². The molecule has 5 heteroatoms. The van der Waals surface area contributed by atoms with Gasteiger partial charge in [0.2, 0.25) is 5.95 Å². The van der Waals surface area contributed by atoms with Crippen LogP contribution in [-0.4, -0.2) is 19.1 Å². The van der Waals surface area contributed by atoms with Crippen LogP contribution < -0.4 is 0 Å². The lowest BCUT2D eigenvalue weighted by atomic mass is 9.94. The lowest BCUT2D eigenvalue weighted by molar-refractivity contribution is 0.671. The molecule has 4 aromatic heterocycles. The summed E-state index contributed by atoms with van der Waals surface area (Å²) in [5.41, 5.74) is 12.3. The molecule has 0 spiro atoms. The van der Waals surface area contributed by atoms with Crippen LogP contribution in [0.2, 0.25) is 0 Å². The molecule has 11 aromatic carbocycles. The molecular weight excluding hydrogens is 817 g/mol. The molecule has 0 N–H and O–H groups in total. The third-order valence-electron chi connectivity index (χ3n) is 14.1. The summed E-state index contributed by atoms with van der Waals surface area (Å²) in [4.78, 5) is 11.3. The topological polar surface area (TPSA) is 48.8 Å². The molecule has 0 saturated heterocycles. The number of furan rings is 1. The standard InChI is InChI=1S/C62H36N4O/c1-3-17-37(18-4-1)58-57-44-24-9-7-21-41(44)42-22-8-10-25-46(42)59(57)64-62(63-58)66-52-29-15-12-26-47(52)55-45-33-31-38(36-50(45)56-48-27-13-16-30-54(48)67-61(56)60(55)66)39-32-34-53-49(35-39)43-23-11-14-28-51(43)65(53)40-19-5-2-6-20-40/h1-36H. The van der Waals surface area contributed by atoms with Gasteiger partial charge < -0.3 is 8.98 Å². The van der Waals surface area contributed by atoms with Gasteiger partial charge in [0.05, 0.1) is 27.8 Å². The zero-order chi connectivity index (χ0) is 43.7. The third kappa shape index (κ3) is 5.08. The molecule has 0 radical (unpaired) electrons. The van der Waals surface area contributed by atoms with Crippen molar-refractivity contribution in [3.05, 3.63) is 218 Å². The fourth-order valence-corrected chi connectivity index (χ4v) is 11.2. The summed E-state index contributed by atoms with van der Waals surface area (Å²) in [7, 11) is 0. The third-order valence-corrected chi connectivity index (χ3v) is 14.1. The van der Waals surface area contributed by atoms with Gasteiger partial charge in [0, 0.05) is 54.3 Å². The van der Waals surface area contributed by atoms with Crippen LogP contribution in [0.1, 0.15) is 0 Å². The molecule has 15 aromatic rings. The Balaban J connectivity index is 1.05. The highest BCUT2D eigenvalue weighted by Crippen LogP contribution is 2.48. The van der Waals surface area contributed by atoms with Crippen LogP contribution in [0.25, 0.3) is 143 Å². The fraction of sp³-hybridized carbons (Fsp3) is 0. The monoisotopic (exact) mass is 852 g/mol. The molecule has 0 amide bonds. The molecule has 310 valence electrons. The molecule has 0 fully saturated rings. The summed E-state index contributed by atoms with van der Waals surface area (Å²) in [6.45, 7) is 0. The molecule has 0 aliphatic heterocycles. The van der Waals surface area contributed by atoms with E-state index in [0.29, 0.717) is 5.95 Å². The Labute approximate surface area is 383 Å². The zero-order valence-electron chi connectivity index (χ0n) is 36.0. The average molecular weight is 853 g/mol. The highest BCUT2D eigenvalue weighted by Gasteiger charge is 2.26. The second-order valence-corrected chi connectivity index (χ2v) is 17.6. The van der Waals surface area contributed by atoms with E-state index in [1.54, 1.807) is 0 Å². The number of fused-ring (bicyclic) bond motifs is 19. The predicted molar refractivity (Wildman–Crippen MR) is 279 cm³/mol. The number of para-hydroxylation sites is 4. The van der Waals surface area contributed by atoms with E-state index in [4.69, 9.17) is 14.4 Å². The average Bonchev–Trinajstić information content (AvgIpc) is 4.07. The molecule has 5 nitrogen and oxygen atoms in total. The molecule has 0 saturated carbocycles. The first kappa shape index (κ1) is 36.3.